The zero-order valence-electron chi connectivity index (χ0n) is 18.3. The summed E-state index contributed by atoms with van der Waals surface area (Å²) in [5, 5.41) is 0. The van der Waals surface area contributed by atoms with Crippen LogP contribution in [-0.2, 0) is 25.8 Å². The van der Waals surface area contributed by atoms with Crippen LogP contribution in [0.25, 0.3) is 0 Å². The minimum Gasteiger partial charge on any atom is -0.457 e. The maximum absolute atomic E-state index is 11.3. The van der Waals surface area contributed by atoms with Crippen LogP contribution in [0.2, 0.25) is 0 Å². The van der Waals surface area contributed by atoms with E-state index in [0.29, 0.717) is 6.42 Å². The highest BCUT2D eigenvalue weighted by Gasteiger charge is 2.38. The van der Waals surface area contributed by atoms with Crippen LogP contribution in [0, 0.1) is 0 Å². The Balaban J connectivity index is 1.25. The van der Waals surface area contributed by atoms with E-state index in [1.165, 1.54) is 11.1 Å². The molecule has 0 atom stereocenters. The molecule has 3 N–H and O–H groups in total. The molecular weight excluding hydrogens is 457 g/mol. The van der Waals surface area contributed by atoms with Crippen LogP contribution < -0.4 is 10.5 Å². The first kappa shape index (κ1) is 24.0. The van der Waals surface area contributed by atoms with Crippen molar-refractivity contribution in [1.29, 1.82) is 0 Å². The van der Waals surface area contributed by atoms with Crippen molar-refractivity contribution in [1.82, 2.24) is 0 Å². The number of phosphoric acid groups is 1. The van der Waals surface area contributed by atoms with Crippen molar-refractivity contribution >= 4 is 19.6 Å². The Labute approximate surface area is 198 Å². The molecule has 3 aromatic carbocycles. The SMILES string of the molecule is NC1(CCCc2ccc(Oc3cccc(SCc4ccccc4)c3)cc2)COP(=O)(O)OC1. The molecule has 3 aromatic rings. The fourth-order valence-corrected chi connectivity index (χ4v) is 5.33. The van der Waals surface area contributed by atoms with Gasteiger partial charge in [0.2, 0.25) is 0 Å². The van der Waals surface area contributed by atoms with E-state index >= 15 is 0 Å². The van der Waals surface area contributed by atoms with Crippen molar-refractivity contribution in [2.24, 2.45) is 5.73 Å². The van der Waals surface area contributed by atoms with Gasteiger partial charge < -0.3 is 15.4 Å². The first-order valence-electron chi connectivity index (χ1n) is 10.8. The van der Waals surface area contributed by atoms with E-state index < -0.39 is 13.4 Å². The standard InChI is InChI=1S/C25H28NO5PS/c26-25(18-29-32(27,28)30-19-25)15-5-8-20-11-13-22(14-12-20)31-23-9-4-10-24(16-23)33-17-21-6-2-1-3-7-21/h1-4,6-7,9-14,16H,5,8,15,17-19,26H2,(H,27,28). The quantitative estimate of drug-likeness (QED) is 0.286. The summed E-state index contributed by atoms with van der Waals surface area (Å²) in [7, 11) is -3.91. The number of nitrogens with two attached hydrogens (primary N) is 1. The van der Waals surface area contributed by atoms with Gasteiger partial charge in [-0.15, -0.1) is 11.8 Å². The second kappa shape index (κ2) is 10.9. The summed E-state index contributed by atoms with van der Waals surface area (Å²) in [6.45, 7) is 0.0481. The smallest absolute Gasteiger partial charge is 0.457 e. The summed E-state index contributed by atoms with van der Waals surface area (Å²) >= 11 is 1.78. The molecule has 8 heteroatoms. The zero-order chi connectivity index (χ0) is 23.2. The molecule has 0 radical (unpaired) electrons. The summed E-state index contributed by atoms with van der Waals surface area (Å²) < 4.78 is 27.1. The highest BCUT2D eigenvalue weighted by atomic mass is 32.2. The van der Waals surface area contributed by atoms with Crippen molar-refractivity contribution in [3.05, 3.63) is 90.0 Å². The number of hydrogen-bond acceptors (Lipinski definition) is 6. The fourth-order valence-electron chi connectivity index (χ4n) is 3.52. The minimum absolute atomic E-state index is 0.0241. The monoisotopic (exact) mass is 485 g/mol. The first-order valence-corrected chi connectivity index (χ1v) is 13.3. The first-order chi connectivity index (χ1) is 15.9. The Morgan fingerprint density at radius 3 is 2.39 bits per heavy atom. The molecule has 0 amide bonds. The summed E-state index contributed by atoms with van der Waals surface area (Å²) in [6.07, 6.45) is 2.29. The van der Waals surface area contributed by atoms with E-state index in [9.17, 15) is 9.46 Å². The highest BCUT2D eigenvalue weighted by Crippen LogP contribution is 2.47. The lowest BCUT2D eigenvalue weighted by Crippen LogP contribution is -2.50. The van der Waals surface area contributed by atoms with Crippen LogP contribution >= 0.6 is 19.6 Å². The molecule has 0 saturated carbocycles. The van der Waals surface area contributed by atoms with E-state index in [1.807, 2.05) is 42.5 Å². The molecule has 6 nitrogen and oxygen atoms in total. The van der Waals surface area contributed by atoms with Crippen molar-refractivity contribution < 1.29 is 23.2 Å². The fraction of sp³-hybridized carbons (Fsp3) is 0.280. The molecule has 1 fully saturated rings. The number of phosphoric ester groups is 1. The number of benzene rings is 3. The highest BCUT2D eigenvalue weighted by molar-refractivity contribution is 7.98. The van der Waals surface area contributed by atoms with E-state index in [4.69, 9.17) is 19.5 Å². The molecule has 1 aliphatic rings. The number of aryl methyl sites for hydroxylation is 1. The number of rotatable bonds is 9. The average Bonchev–Trinajstić information content (AvgIpc) is 2.82. The Kier molecular flexibility index (Phi) is 7.91. The van der Waals surface area contributed by atoms with Crippen LogP contribution in [0.3, 0.4) is 0 Å². The Bertz CT molecular complexity index is 1080. The van der Waals surface area contributed by atoms with Gasteiger partial charge in [-0.3, -0.25) is 9.05 Å². The number of ether oxygens (including phenoxy) is 1. The predicted molar refractivity (Wildman–Crippen MR) is 131 cm³/mol. The molecule has 1 saturated heterocycles. The van der Waals surface area contributed by atoms with Gasteiger partial charge in [-0.1, -0.05) is 48.5 Å². The van der Waals surface area contributed by atoms with Gasteiger partial charge >= 0.3 is 7.82 Å². The van der Waals surface area contributed by atoms with Gasteiger partial charge in [0.15, 0.2) is 0 Å². The zero-order valence-corrected chi connectivity index (χ0v) is 20.0. The van der Waals surface area contributed by atoms with Crippen molar-refractivity contribution in [3.8, 4) is 11.5 Å². The van der Waals surface area contributed by atoms with E-state index in [0.717, 1.165) is 35.0 Å². The Hall–Kier alpha value is -2.12. The van der Waals surface area contributed by atoms with Gasteiger partial charge in [0.25, 0.3) is 0 Å². The lowest BCUT2D eigenvalue weighted by Gasteiger charge is -2.34. The maximum atomic E-state index is 11.3. The van der Waals surface area contributed by atoms with E-state index in [2.05, 4.69) is 36.4 Å². The van der Waals surface area contributed by atoms with Gasteiger partial charge in [0, 0.05) is 10.6 Å². The summed E-state index contributed by atoms with van der Waals surface area (Å²) in [4.78, 5) is 10.4. The normalized spacial score (nSPS) is 22.7. The summed E-state index contributed by atoms with van der Waals surface area (Å²) in [6, 6.07) is 26.5. The van der Waals surface area contributed by atoms with Crippen LogP contribution in [0.1, 0.15) is 24.0 Å². The lowest BCUT2D eigenvalue weighted by atomic mass is 9.94. The molecule has 0 unspecified atom stereocenters. The van der Waals surface area contributed by atoms with Gasteiger partial charge in [-0.05, 0) is 60.7 Å². The van der Waals surface area contributed by atoms with Crippen LogP contribution in [0.15, 0.2) is 83.8 Å². The number of hydrogen-bond donors (Lipinski definition) is 2. The molecule has 1 heterocycles. The average molecular weight is 486 g/mol. The Morgan fingerprint density at radius 2 is 1.67 bits per heavy atom. The second-order valence-electron chi connectivity index (χ2n) is 8.23. The minimum atomic E-state index is -3.91. The third-order valence-electron chi connectivity index (χ3n) is 5.38. The molecule has 0 aliphatic carbocycles. The van der Waals surface area contributed by atoms with E-state index in [1.54, 1.807) is 11.8 Å². The van der Waals surface area contributed by atoms with Crippen LogP contribution in [0.5, 0.6) is 11.5 Å². The largest absolute Gasteiger partial charge is 0.472 e. The van der Waals surface area contributed by atoms with Crippen molar-refractivity contribution in [3.63, 3.8) is 0 Å². The molecular formula is C25H28NO5PS. The van der Waals surface area contributed by atoms with Gasteiger partial charge in [-0.2, -0.15) is 0 Å². The number of thioether (sulfide) groups is 1. The molecule has 0 spiro atoms. The van der Waals surface area contributed by atoms with Gasteiger partial charge in [0.1, 0.15) is 11.5 Å². The van der Waals surface area contributed by atoms with Gasteiger partial charge in [0.05, 0.1) is 18.8 Å². The molecule has 174 valence electrons. The second-order valence-corrected chi connectivity index (χ2v) is 10.7. The van der Waals surface area contributed by atoms with Crippen LogP contribution in [0.4, 0.5) is 0 Å². The maximum Gasteiger partial charge on any atom is 0.472 e. The predicted octanol–water partition coefficient (Wildman–Crippen LogP) is 5.94. The molecule has 0 aromatic heterocycles. The molecule has 1 aliphatic heterocycles. The van der Waals surface area contributed by atoms with Crippen molar-refractivity contribution in [2.75, 3.05) is 13.2 Å². The molecule has 33 heavy (non-hydrogen) atoms. The van der Waals surface area contributed by atoms with Crippen molar-refractivity contribution in [2.45, 2.75) is 35.4 Å². The topological polar surface area (TPSA) is 91.0 Å². The Morgan fingerprint density at radius 1 is 0.939 bits per heavy atom. The van der Waals surface area contributed by atoms with Gasteiger partial charge in [-0.25, -0.2) is 4.57 Å². The summed E-state index contributed by atoms with van der Waals surface area (Å²) in [5.41, 5.74) is 7.95. The molecule has 4 rings (SSSR count). The summed E-state index contributed by atoms with van der Waals surface area (Å²) in [5.74, 6) is 2.51. The van der Waals surface area contributed by atoms with E-state index in [-0.39, 0.29) is 13.2 Å². The van der Waals surface area contributed by atoms with Crippen LogP contribution in [-0.4, -0.2) is 23.6 Å². The lowest BCUT2D eigenvalue weighted by molar-refractivity contribution is 0.0362. The third kappa shape index (κ3) is 7.44. The third-order valence-corrected chi connectivity index (χ3v) is 7.36. The molecule has 0 bridgehead atoms.